The first-order valence-electron chi connectivity index (χ1n) is 7.21. The van der Waals surface area contributed by atoms with E-state index in [0.29, 0.717) is 17.1 Å². The van der Waals surface area contributed by atoms with E-state index in [-0.39, 0.29) is 5.82 Å². The number of methoxy groups -OCH3 is 1. The van der Waals surface area contributed by atoms with Crippen LogP contribution in [0.25, 0.3) is 6.08 Å². The van der Waals surface area contributed by atoms with Crippen molar-refractivity contribution in [3.05, 3.63) is 35.1 Å². The van der Waals surface area contributed by atoms with Crippen molar-refractivity contribution < 1.29 is 18.4 Å². The van der Waals surface area contributed by atoms with Gasteiger partial charge in [-0.3, -0.25) is 0 Å². The van der Waals surface area contributed by atoms with E-state index in [2.05, 4.69) is 12.6 Å². The van der Waals surface area contributed by atoms with Crippen molar-refractivity contribution in [3.8, 4) is 5.75 Å². The van der Waals surface area contributed by atoms with Gasteiger partial charge in [-0.2, -0.15) is 12.6 Å². The van der Waals surface area contributed by atoms with Crippen LogP contribution in [0.15, 0.2) is 23.7 Å². The van der Waals surface area contributed by atoms with Crippen LogP contribution in [0.1, 0.15) is 33.3 Å². The van der Waals surface area contributed by atoms with Crippen LogP contribution in [0.4, 0.5) is 4.39 Å². The summed E-state index contributed by atoms with van der Waals surface area (Å²) in [4.78, 5) is 0. The molecule has 0 saturated carbocycles. The number of ether oxygens (including phenoxy) is 1. The Labute approximate surface area is 137 Å². The van der Waals surface area contributed by atoms with Gasteiger partial charge < -0.3 is 14.0 Å². The number of hydrogen-bond donors (Lipinski definition) is 1. The minimum atomic E-state index is -0.549. The maximum absolute atomic E-state index is 14.1. The first-order chi connectivity index (χ1) is 10.2. The Morgan fingerprint density at radius 1 is 1.27 bits per heavy atom. The quantitative estimate of drug-likeness (QED) is 0.675. The normalized spacial score (nSPS) is 20.3. The molecule has 1 aliphatic heterocycles. The molecule has 0 bridgehead atoms. The van der Waals surface area contributed by atoms with E-state index in [4.69, 9.17) is 14.0 Å². The summed E-state index contributed by atoms with van der Waals surface area (Å²) in [6.45, 7) is 7.92. The molecule has 0 spiro atoms. The van der Waals surface area contributed by atoms with Crippen molar-refractivity contribution >= 4 is 25.8 Å². The van der Waals surface area contributed by atoms with E-state index in [9.17, 15) is 4.39 Å². The molecule has 0 aliphatic carbocycles. The zero-order chi connectivity index (χ0) is 16.5. The van der Waals surface area contributed by atoms with Crippen LogP contribution >= 0.6 is 12.6 Å². The molecule has 1 fully saturated rings. The van der Waals surface area contributed by atoms with Gasteiger partial charge in [0.05, 0.1) is 23.9 Å². The zero-order valence-electron chi connectivity index (χ0n) is 13.6. The Balaban J connectivity index is 2.38. The molecule has 1 saturated heterocycles. The van der Waals surface area contributed by atoms with E-state index in [1.165, 1.54) is 13.2 Å². The average molecular weight is 324 g/mol. The van der Waals surface area contributed by atoms with Gasteiger partial charge in [-0.1, -0.05) is 12.1 Å². The monoisotopic (exact) mass is 324 g/mol. The van der Waals surface area contributed by atoms with Crippen LogP contribution < -0.4 is 4.74 Å². The van der Waals surface area contributed by atoms with Crippen LogP contribution in [-0.2, 0) is 9.31 Å². The number of halogens is 1. The molecule has 0 radical (unpaired) electrons. The first-order valence-corrected chi connectivity index (χ1v) is 7.84. The molecule has 3 nitrogen and oxygen atoms in total. The number of thiol groups is 1. The lowest BCUT2D eigenvalue weighted by Crippen LogP contribution is -2.41. The molecular formula is C16H22BFO3S. The lowest BCUT2D eigenvalue weighted by atomic mass is 9.78. The van der Waals surface area contributed by atoms with Crippen molar-refractivity contribution in [1.82, 2.24) is 0 Å². The van der Waals surface area contributed by atoms with Crippen molar-refractivity contribution in [1.29, 1.82) is 0 Å². The average Bonchev–Trinajstić information content (AvgIpc) is 2.65. The molecule has 1 aliphatic rings. The fraction of sp³-hybridized carbons (Fsp3) is 0.500. The van der Waals surface area contributed by atoms with Crippen LogP contribution in [0, 0.1) is 5.82 Å². The van der Waals surface area contributed by atoms with Gasteiger partial charge in [-0.25, -0.2) is 4.39 Å². The van der Waals surface area contributed by atoms with Gasteiger partial charge in [0.15, 0.2) is 0 Å². The number of rotatable bonds is 4. The van der Waals surface area contributed by atoms with Gasteiger partial charge in [0.1, 0.15) is 11.6 Å². The molecule has 0 aromatic heterocycles. The maximum atomic E-state index is 14.1. The molecule has 2 rings (SSSR count). The van der Waals surface area contributed by atoms with E-state index < -0.39 is 18.3 Å². The van der Waals surface area contributed by atoms with E-state index in [1.54, 1.807) is 18.2 Å². The molecule has 1 heterocycles. The van der Waals surface area contributed by atoms with Crippen molar-refractivity contribution in [2.24, 2.45) is 0 Å². The Kier molecular flexibility index (Phi) is 4.95. The molecular weight excluding hydrogens is 302 g/mol. The fourth-order valence-electron chi connectivity index (χ4n) is 2.20. The summed E-state index contributed by atoms with van der Waals surface area (Å²) in [6, 6.07) is 4.73. The molecule has 0 amide bonds. The van der Waals surface area contributed by atoms with E-state index in [0.717, 1.165) is 5.47 Å². The topological polar surface area (TPSA) is 27.7 Å². The third kappa shape index (κ3) is 3.19. The highest BCUT2D eigenvalue weighted by Crippen LogP contribution is 2.39. The standard InChI is InChI=1S/C16H22BFO3S/c1-15(2)16(3,4)21-17(20-15)11(10-22)9-12-13(18)7-6-8-14(12)19-5/h6-9,22H,10H2,1-5H3. The van der Waals surface area contributed by atoms with E-state index >= 15 is 0 Å². The number of hydrogen-bond acceptors (Lipinski definition) is 4. The van der Waals surface area contributed by atoms with Gasteiger partial charge in [0, 0.05) is 5.75 Å². The molecule has 1 aromatic rings. The maximum Gasteiger partial charge on any atom is 0.491 e. The fourth-order valence-corrected chi connectivity index (χ4v) is 2.44. The summed E-state index contributed by atoms with van der Waals surface area (Å²) in [5.41, 5.74) is 0.243. The lowest BCUT2D eigenvalue weighted by Gasteiger charge is -2.32. The Bertz CT molecular complexity index is 571. The zero-order valence-corrected chi connectivity index (χ0v) is 14.5. The smallest absolute Gasteiger partial charge is 0.491 e. The predicted octanol–water partition coefficient (Wildman–Crippen LogP) is 3.78. The molecule has 120 valence electrons. The summed E-state index contributed by atoms with van der Waals surface area (Å²) >= 11 is 4.34. The Morgan fingerprint density at radius 2 is 1.86 bits per heavy atom. The molecule has 22 heavy (non-hydrogen) atoms. The molecule has 6 heteroatoms. The SMILES string of the molecule is COc1cccc(F)c1C=C(CS)B1OC(C)(C)C(C)(C)O1. The van der Waals surface area contributed by atoms with Crippen LogP contribution in [-0.4, -0.2) is 31.2 Å². The molecule has 1 aromatic carbocycles. The third-order valence-corrected chi connectivity index (χ3v) is 4.67. The summed E-state index contributed by atoms with van der Waals surface area (Å²) in [5.74, 6) is 0.514. The van der Waals surface area contributed by atoms with Crippen LogP contribution in [0.3, 0.4) is 0 Å². The minimum absolute atomic E-state index is 0.352. The van der Waals surface area contributed by atoms with Gasteiger partial charge in [0.2, 0.25) is 0 Å². The third-order valence-electron chi connectivity index (χ3n) is 4.30. The van der Waals surface area contributed by atoms with Gasteiger partial charge >= 0.3 is 7.12 Å². The predicted molar refractivity (Wildman–Crippen MR) is 90.9 cm³/mol. The second-order valence-electron chi connectivity index (χ2n) is 6.32. The Morgan fingerprint density at radius 3 is 2.36 bits per heavy atom. The molecule has 0 unspecified atom stereocenters. The van der Waals surface area contributed by atoms with Gasteiger partial charge in [-0.15, -0.1) is 0 Å². The summed E-state index contributed by atoms with van der Waals surface area (Å²) in [6.07, 6.45) is 1.70. The molecule has 0 atom stereocenters. The van der Waals surface area contributed by atoms with Gasteiger partial charge in [0.25, 0.3) is 0 Å². The van der Waals surface area contributed by atoms with Gasteiger partial charge in [-0.05, 0) is 45.3 Å². The summed E-state index contributed by atoms with van der Waals surface area (Å²) in [7, 11) is 0.966. The highest BCUT2D eigenvalue weighted by atomic mass is 32.1. The highest BCUT2D eigenvalue weighted by molar-refractivity contribution is 7.80. The number of benzene rings is 1. The van der Waals surface area contributed by atoms with Crippen LogP contribution in [0.5, 0.6) is 5.75 Å². The van der Waals surface area contributed by atoms with Crippen molar-refractivity contribution in [3.63, 3.8) is 0 Å². The first kappa shape index (κ1) is 17.4. The van der Waals surface area contributed by atoms with Crippen molar-refractivity contribution in [2.75, 3.05) is 12.9 Å². The second-order valence-corrected chi connectivity index (χ2v) is 6.64. The largest absolute Gasteiger partial charge is 0.496 e. The van der Waals surface area contributed by atoms with Crippen molar-refractivity contribution in [2.45, 2.75) is 38.9 Å². The summed E-state index contributed by atoms with van der Waals surface area (Å²) in [5, 5.41) is 0. The second kappa shape index (κ2) is 6.26. The lowest BCUT2D eigenvalue weighted by molar-refractivity contribution is 0.00578. The van der Waals surface area contributed by atoms with Crippen LogP contribution in [0.2, 0.25) is 0 Å². The van der Waals surface area contributed by atoms with E-state index in [1.807, 2.05) is 27.7 Å². The molecule has 0 N–H and O–H groups in total. The minimum Gasteiger partial charge on any atom is -0.496 e. The Hall–Kier alpha value is -0.975. The highest BCUT2D eigenvalue weighted by Gasteiger charge is 2.52. The summed E-state index contributed by atoms with van der Waals surface area (Å²) < 4.78 is 31.3.